The second-order valence-electron chi connectivity index (χ2n) is 4.16. The lowest BCUT2D eigenvalue weighted by Gasteiger charge is -2.14. The van der Waals surface area contributed by atoms with Crippen LogP contribution < -0.4 is 5.73 Å². The summed E-state index contributed by atoms with van der Waals surface area (Å²) in [6.07, 6.45) is 0. The Bertz CT molecular complexity index is 581. The fraction of sp³-hybridized carbons (Fsp3) is 0.143. The number of rotatable bonds is 2. The van der Waals surface area contributed by atoms with Crippen molar-refractivity contribution in [3.05, 3.63) is 70.5 Å². The molecule has 2 rings (SSSR count). The molecule has 0 amide bonds. The topological polar surface area (TPSA) is 26.0 Å². The van der Waals surface area contributed by atoms with Crippen molar-refractivity contribution in [1.29, 1.82) is 0 Å². The molecule has 0 aliphatic carbocycles. The van der Waals surface area contributed by atoms with Crippen molar-refractivity contribution in [3.63, 3.8) is 0 Å². The van der Waals surface area contributed by atoms with Crippen molar-refractivity contribution in [2.24, 2.45) is 5.73 Å². The molecule has 0 saturated carbocycles. The molecule has 18 heavy (non-hydrogen) atoms. The fourth-order valence-corrected chi connectivity index (χ4v) is 1.78. The predicted octanol–water partition coefficient (Wildman–Crippen LogP) is 3.46. The van der Waals surface area contributed by atoms with Crippen LogP contribution in [0.15, 0.2) is 36.4 Å². The summed E-state index contributed by atoms with van der Waals surface area (Å²) in [5, 5.41) is 0. The molecular formula is C14H12F3N. The number of halogens is 3. The number of nitrogens with two attached hydrogens (primary N) is 1. The SMILES string of the molecule is Cc1cc(F)c(C(N)c2cccc(F)c2)cc1F. The summed E-state index contributed by atoms with van der Waals surface area (Å²) in [4.78, 5) is 0. The van der Waals surface area contributed by atoms with Crippen molar-refractivity contribution in [2.75, 3.05) is 0 Å². The normalized spacial score (nSPS) is 12.5. The molecule has 4 heteroatoms. The van der Waals surface area contributed by atoms with E-state index in [1.54, 1.807) is 6.07 Å². The predicted molar refractivity (Wildman–Crippen MR) is 63.5 cm³/mol. The van der Waals surface area contributed by atoms with Gasteiger partial charge in [-0.05, 0) is 42.3 Å². The third kappa shape index (κ3) is 2.38. The first-order valence-electron chi connectivity index (χ1n) is 5.45. The smallest absolute Gasteiger partial charge is 0.128 e. The molecule has 2 aromatic carbocycles. The fourth-order valence-electron chi connectivity index (χ4n) is 1.78. The molecule has 0 fully saturated rings. The molecular weight excluding hydrogens is 239 g/mol. The zero-order valence-electron chi connectivity index (χ0n) is 9.75. The van der Waals surface area contributed by atoms with Gasteiger partial charge in [-0.15, -0.1) is 0 Å². The second-order valence-corrected chi connectivity index (χ2v) is 4.16. The summed E-state index contributed by atoms with van der Waals surface area (Å²) < 4.78 is 40.2. The van der Waals surface area contributed by atoms with Crippen molar-refractivity contribution < 1.29 is 13.2 Å². The van der Waals surface area contributed by atoms with Crippen molar-refractivity contribution in [1.82, 2.24) is 0 Å². The molecule has 0 spiro atoms. The molecule has 0 aliphatic rings. The molecule has 1 atom stereocenters. The highest BCUT2D eigenvalue weighted by Gasteiger charge is 2.16. The van der Waals surface area contributed by atoms with Crippen LogP contribution in [-0.4, -0.2) is 0 Å². The van der Waals surface area contributed by atoms with Crippen LogP contribution in [0.1, 0.15) is 22.7 Å². The molecule has 0 heterocycles. The summed E-state index contributed by atoms with van der Waals surface area (Å²) in [6.45, 7) is 1.47. The Labute approximate surface area is 103 Å². The van der Waals surface area contributed by atoms with E-state index in [-0.39, 0.29) is 11.1 Å². The van der Waals surface area contributed by atoms with E-state index in [9.17, 15) is 13.2 Å². The third-order valence-electron chi connectivity index (χ3n) is 2.82. The number of hydrogen-bond donors (Lipinski definition) is 1. The Morgan fingerprint density at radius 2 is 1.72 bits per heavy atom. The van der Waals surface area contributed by atoms with Gasteiger partial charge in [0, 0.05) is 5.56 Å². The first-order chi connectivity index (χ1) is 8.49. The number of hydrogen-bond acceptors (Lipinski definition) is 1. The minimum Gasteiger partial charge on any atom is -0.320 e. The summed E-state index contributed by atoms with van der Waals surface area (Å²) in [5.74, 6) is -1.58. The lowest BCUT2D eigenvalue weighted by molar-refractivity contribution is 0.569. The van der Waals surface area contributed by atoms with Gasteiger partial charge in [0.15, 0.2) is 0 Å². The van der Waals surface area contributed by atoms with E-state index in [4.69, 9.17) is 5.73 Å². The standard InChI is InChI=1S/C14H12F3N/c1-8-5-13(17)11(7-12(8)16)14(18)9-3-2-4-10(15)6-9/h2-7,14H,18H2,1H3. The average molecular weight is 251 g/mol. The minimum atomic E-state index is -0.893. The first kappa shape index (κ1) is 12.6. The zero-order chi connectivity index (χ0) is 13.3. The molecule has 94 valence electrons. The van der Waals surface area contributed by atoms with Gasteiger partial charge in [0.1, 0.15) is 17.5 Å². The van der Waals surface area contributed by atoms with Crippen LogP contribution in [0.3, 0.4) is 0 Å². The monoisotopic (exact) mass is 251 g/mol. The van der Waals surface area contributed by atoms with E-state index >= 15 is 0 Å². The van der Waals surface area contributed by atoms with Gasteiger partial charge in [-0.25, -0.2) is 13.2 Å². The molecule has 1 unspecified atom stereocenters. The molecule has 0 aromatic heterocycles. The maximum Gasteiger partial charge on any atom is 0.128 e. The van der Waals surface area contributed by atoms with E-state index in [0.29, 0.717) is 5.56 Å². The van der Waals surface area contributed by atoms with Crippen molar-refractivity contribution in [2.45, 2.75) is 13.0 Å². The van der Waals surface area contributed by atoms with Gasteiger partial charge >= 0.3 is 0 Å². The average Bonchev–Trinajstić information content (AvgIpc) is 2.33. The Morgan fingerprint density at radius 1 is 1.00 bits per heavy atom. The quantitative estimate of drug-likeness (QED) is 0.869. The lowest BCUT2D eigenvalue weighted by atomic mass is 9.98. The van der Waals surface area contributed by atoms with Crippen LogP contribution in [0.2, 0.25) is 0 Å². The highest BCUT2D eigenvalue weighted by atomic mass is 19.1. The van der Waals surface area contributed by atoms with E-state index < -0.39 is 23.5 Å². The van der Waals surface area contributed by atoms with Gasteiger partial charge in [0.05, 0.1) is 6.04 Å². The van der Waals surface area contributed by atoms with Crippen molar-refractivity contribution in [3.8, 4) is 0 Å². The van der Waals surface area contributed by atoms with Gasteiger partial charge in [-0.3, -0.25) is 0 Å². The van der Waals surface area contributed by atoms with Gasteiger partial charge in [-0.1, -0.05) is 12.1 Å². The van der Waals surface area contributed by atoms with Gasteiger partial charge in [-0.2, -0.15) is 0 Å². The Kier molecular flexibility index (Phi) is 3.39. The van der Waals surface area contributed by atoms with Crippen LogP contribution in [-0.2, 0) is 0 Å². The molecule has 0 radical (unpaired) electrons. The largest absolute Gasteiger partial charge is 0.320 e. The number of benzene rings is 2. The highest BCUT2D eigenvalue weighted by molar-refractivity contribution is 5.34. The molecule has 0 aliphatic heterocycles. The van der Waals surface area contributed by atoms with Gasteiger partial charge < -0.3 is 5.73 Å². The molecule has 0 bridgehead atoms. The van der Waals surface area contributed by atoms with Crippen LogP contribution >= 0.6 is 0 Å². The molecule has 2 aromatic rings. The van der Waals surface area contributed by atoms with Crippen LogP contribution in [0.5, 0.6) is 0 Å². The van der Waals surface area contributed by atoms with E-state index in [2.05, 4.69) is 0 Å². The molecule has 2 N–H and O–H groups in total. The maximum absolute atomic E-state index is 13.7. The Balaban J connectivity index is 2.46. The third-order valence-corrected chi connectivity index (χ3v) is 2.82. The summed E-state index contributed by atoms with van der Waals surface area (Å²) in [6, 6.07) is 6.78. The van der Waals surface area contributed by atoms with Crippen molar-refractivity contribution >= 4 is 0 Å². The minimum absolute atomic E-state index is 0.0173. The lowest BCUT2D eigenvalue weighted by Crippen LogP contribution is -2.14. The zero-order valence-corrected chi connectivity index (χ0v) is 9.75. The van der Waals surface area contributed by atoms with Crippen LogP contribution in [0.4, 0.5) is 13.2 Å². The number of aryl methyl sites for hydroxylation is 1. The van der Waals surface area contributed by atoms with E-state index in [1.807, 2.05) is 0 Å². The van der Waals surface area contributed by atoms with Gasteiger partial charge in [0.2, 0.25) is 0 Å². The molecule has 0 saturated heterocycles. The van der Waals surface area contributed by atoms with Crippen LogP contribution in [0, 0.1) is 24.4 Å². The van der Waals surface area contributed by atoms with E-state index in [1.165, 1.54) is 25.1 Å². The summed E-state index contributed by atoms with van der Waals surface area (Å²) in [5.41, 5.74) is 6.46. The summed E-state index contributed by atoms with van der Waals surface area (Å²) in [7, 11) is 0. The Hall–Kier alpha value is -1.81. The van der Waals surface area contributed by atoms with Gasteiger partial charge in [0.25, 0.3) is 0 Å². The Morgan fingerprint density at radius 3 is 2.39 bits per heavy atom. The molecule has 1 nitrogen and oxygen atoms in total. The second kappa shape index (κ2) is 4.82. The van der Waals surface area contributed by atoms with Crippen LogP contribution in [0.25, 0.3) is 0 Å². The first-order valence-corrected chi connectivity index (χ1v) is 5.45. The maximum atomic E-state index is 13.7. The summed E-state index contributed by atoms with van der Waals surface area (Å²) >= 11 is 0. The highest BCUT2D eigenvalue weighted by Crippen LogP contribution is 2.24. The van der Waals surface area contributed by atoms with E-state index in [0.717, 1.165) is 12.1 Å².